The number of amides is 1. The first-order chi connectivity index (χ1) is 14.9. The third-order valence-electron chi connectivity index (χ3n) is 5.18. The van der Waals surface area contributed by atoms with E-state index < -0.39 is 0 Å². The fourth-order valence-corrected chi connectivity index (χ4v) is 3.66. The molecule has 2 aliphatic heterocycles. The molecule has 0 radical (unpaired) electrons. The standard InChI is InChI=1S/C10H17N3O.C9H10ClNO.C3H8.H4N2/c1-2-10(14)13-7-9(8-13)12-5-3-11-4-6-12;10-7-4-9(12)8(11)3-6(7)5-1-2-5;1-3-2;1-2/h2,9,11H,1,3-8H2;3-5,12H,1-2,11H2;3H2,1-2H3;1-2H2. The second kappa shape index (κ2) is 14.3. The summed E-state index contributed by atoms with van der Waals surface area (Å²) in [5.41, 5.74) is 7.04. The maximum absolute atomic E-state index is 11.2. The molecule has 0 unspecified atom stereocenters. The van der Waals surface area contributed by atoms with Gasteiger partial charge in [0.25, 0.3) is 0 Å². The van der Waals surface area contributed by atoms with Crippen molar-refractivity contribution in [2.24, 2.45) is 11.7 Å². The minimum atomic E-state index is 0.0661. The van der Waals surface area contributed by atoms with Gasteiger partial charge in [-0.2, -0.15) is 0 Å². The van der Waals surface area contributed by atoms with Crippen LogP contribution in [-0.2, 0) is 4.79 Å². The number of likely N-dealkylation sites (tertiary alicyclic amines) is 1. The number of phenolic OH excluding ortho intramolecular Hbond substituents is 1. The van der Waals surface area contributed by atoms with E-state index in [1.54, 1.807) is 6.07 Å². The highest BCUT2D eigenvalue weighted by Gasteiger charge is 2.33. The molecule has 3 aliphatic rings. The van der Waals surface area contributed by atoms with Crippen molar-refractivity contribution in [1.29, 1.82) is 0 Å². The summed E-state index contributed by atoms with van der Waals surface area (Å²) in [6.45, 7) is 13.9. The Kier molecular flexibility index (Phi) is 12.5. The molecule has 1 saturated carbocycles. The molecule has 176 valence electrons. The van der Waals surface area contributed by atoms with Crippen LogP contribution in [0, 0.1) is 0 Å². The summed E-state index contributed by atoms with van der Waals surface area (Å²) in [5, 5.41) is 13.2. The van der Waals surface area contributed by atoms with E-state index in [4.69, 9.17) is 17.3 Å². The molecule has 1 amide bonds. The predicted octanol–water partition coefficient (Wildman–Crippen LogP) is 2.03. The maximum atomic E-state index is 11.2. The molecule has 0 aromatic heterocycles. The average molecular weight is 455 g/mol. The van der Waals surface area contributed by atoms with Crippen LogP contribution in [0.25, 0.3) is 0 Å². The molecular weight excluding hydrogens is 416 g/mol. The lowest BCUT2D eigenvalue weighted by atomic mass is 10.1. The van der Waals surface area contributed by atoms with Crippen LogP contribution in [0.5, 0.6) is 5.75 Å². The number of rotatable bonds is 3. The molecule has 3 fully saturated rings. The van der Waals surface area contributed by atoms with Crippen LogP contribution in [0.1, 0.15) is 44.6 Å². The molecule has 0 bridgehead atoms. The summed E-state index contributed by atoms with van der Waals surface area (Å²) in [4.78, 5) is 15.5. The number of hydrazine groups is 1. The van der Waals surface area contributed by atoms with Crippen LogP contribution >= 0.6 is 11.6 Å². The van der Waals surface area contributed by atoms with E-state index in [1.165, 1.54) is 31.4 Å². The topological polar surface area (TPSA) is 134 Å². The van der Waals surface area contributed by atoms with Crippen molar-refractivity contribution in [2.45, 2.75) is 45.1 Å². The van der Waals surface area contributed by atoms with E-state index in [0.717, 1.165) is 44.8 Å². The number of nitrogen functional groups attached to an aromatic ring is 1. The third-order valence-corrected chi connectivity index (χ3v) is 5.51. The van der Waals surface area contributed by atoms with Crippen molar-refractivity contribution in [3.63, 3.8) is 0 Å². The molecule has 1 aromatic rings. The third kappa shape index (κ3) is 8.66. The van der Waals surface area contributed by atoms with E-state index in [9.17, 15) is 9.90 Å². The summed E-state index contributed by atoms with van der Waals surface area (Å²) >= 11 is 5.92. The summed E-state index contributed by atoms with van der Waals surface area (Å²) in [6, 6.07) is 3.88. The molecule has 1 aliphatic carbocycles. The molecule has 31 heavy (non-hydrogen) atoms. The van der Waals surface area contributed by atoms with Gasteiger partial charge in [-0.1, -0.05) is 38.4 Å². The van der Waals surface area contributed by atoms with E-state index in [-0.39, 0.29) is 11.7 Å². The lowest BCUT2D eigenvalue weighted by molar-refractivity contribution is -0.133. The van der Waals surface area contributed by atoms with Crippen LogP contribution in [-0.4, -0.2) is 66.1 Å². The van der Waals surface area contributed by atoms with Crippen molar-refractivity contribution < 1.29 is 9.90 Å². The first-order valence-electron chi connectivity index (χ1n) is 10.9. The Bertz CT molecular complexity index is 687. The molecule has 9 heteroatoms. The number of carbonyl (C=O) groups excluding carboxylic acids is 1. The van der Waals surface area contributed by atoms with Gasteiger partial charge < -0.3 is 21.1 Å². The summed E-state index contributed by atoms with van der Waals surface area (Å²) in [7, 11) is 0. The highest BCUT2D eigenvalue weighted by Crippen LogP contribution is 2.45. The lowest BCUT2D eigenvalue weighted by Gasteiger charge is -2.46. The van der Waals surface area contributed by atoms with E-state index in [0.29, 0.717) is 22.7 Å². The number of hydrogen-bond donors (Lipinski definition) is 5. The summed E-state index contributed by atoms with van der Waals surface area (Å²) in [5.74, 6) is 8.71. The quantitative estimate of drug-likeness (QED) is 0.155. The number of aromatic hydroxyl groups is 1. The van der Waals surface area contributed by atoms with Gasteiger partial charge in [-0.15, -0.1) is 0 Å². The van der Waals surface area contributed by atoms with Gasteiger partial charge in [-0.25, -0.2) is 0 Å². The number of carbonyl (C=O) groups is 1. The molecule has 0 atom stereocenters. The smallest absolute Gasteiger partial charge is 0.246 e. The van der Waals surface area contributed by atoms with E-state index in [1.807, 2.05) is 4.90 Å². The monoisotopic (exact) mass is 454 g/mol. The number of benzene rings is 1. The number of piperazine rings is 1. The number of phenols is 1. The van der Waals surface area contributed by atoms with Crippen molar-refractivity contribution >= 4 is 23.2 Å². The molecular formula is C22H39ClN6O2. The maximum Gasteiger partial charge on any atom is 0.246 e. The fraction of sp³-hybridized carbons (Fsp3) is 0.591. The zero-order valence-electron chi connectivity index (χ0n) is 18.8. The number of nitrogens with two attached hydrogens (primary N) is 3. The largest absolute Gasteiger partial charge is 0.506 e. The molecule has 4 rings (SSSR count). The Morgan fingerprint density at radius 2 is 1.81 bits per heavy atom. The minimum absolute atomic E-state index is 0.0661. The molecule has 2 saturated heterocycles. The number of nitrogens with one attached hydrogen (secondary N) is 1. The number of nitrogens with zero attached hydrogens (tertiary/aromatic N) is 2. The van der Waals surface area contributed by atoms with Crippen molar-refractivity contribution in [3.8, 4) is 5.75 Å². The highest BCUT2D eigenvalue weighted by atomic mass is 35.5. The van der Waals surface area contributed by atoms with Gasteiger partial charge in [-0.3, -0.25) is 21.4 Å². The minimum Gasteiger partial charge on any atom is -0.506 e. The molecule has 8 nitrogen and oxygen atoms in total. The van der Waals surface area contributed by atoms with E-state index in [2.05, 4.69) is 42.3 Å². The lowest BCUT2D eigenvalue weighted by Crippen LogP contribution is -2.63. The Balaban J connectivity index is 0.000000259. The van der Waals surface area contributed by atoms with Gasteiger partial charge in [0.2, 0.25) is 5.91 Å². The fourth-order valence-electron chi connectivity index (χ4n) is 3.35. The molecule has 8 N–H and O–H groups in total. The Morgan fingerprint density at radius 1 is 1.26 bits per heavy atom. The van der Waals surface area contributed by atoms with Gasteiger partial charge in [0, 0.05) is 56.4 Å². The number of halogens is 1. The van der Waals surface area contributed by atoms with Crippen molar-refractivity contribution in [3.05, 3.63) is 35.4 Å². The van der Waals surface area contributed by atoms with E-state index >= 15 is 0 Å². The zero-order chi connectivity index (χ0) is 23.4. The number of hydrogen-bond acceptors (Lipinski definition) is 7. The van der Waals surface area contributed by atoms with Crippen LogP contribution in [0.15, 0.2) is 24.8 Å². The van der Waals surface area contributed by atoms with Crippen LogP contribution in [0.2, 0.25) is 5.02 Å². The Labute approximate surface area is 191 Å². The average Bonchev–Trinajstić information content (AvgIpc) is 3.58. The second-order valence-electron chi connectivity index (χ2n) is 7.80. The number of anilines is 1. The second-order valence-corrected chi connectivity index (χ2v) is 8.21. The van der Waals surface area contributed by atoms with Gasteiger partial charge in [0.1, 0.15) is 5.75 Å². The first kappa shape index (κ1) is 27.2. The van der Waals surface area contributed by atoms with Gasteiger partial charge >= 0.3 is 0 Å². The van der Waals surface area contributed by atoms with Crippen LogP contribution in [0.3, 0.4) is 0 Å². The summed E-state index contributed by atoms with van der Waals surface area (Å²) < 4.78 is 0. The van der Waals surface area contributed by atoms with Gasteiger partial charge in [-0.05, 0) is 36.5 Å². The van der Waals surface area contributed by atoms with Crippen LogP contribution in [0.4, 0.5) is 5.69 Å². The summed E-state index contributed by atoms with van der Waals surface area (Å²) in [6.07, 6.45) is 5.02. The Morgan fingerprint density at radius 3 is 2.29 bits per heavy atom. The molecule has 0 spiro atoms. The van der Waals surface area contributed by atoms with Gasteiger partial charge in [0.05, 0.1) is 5.69 Å². The first-order valence-corrected chi connectivity index (χ1v) is 11.3. The highest BCUT2D eigenvalue weighted by molar-refractivity contribution is 6.31. The Hall–Kier alpha value is -1.84. The molecule has 1 aromatic carbocycles. The van der Waals surface area contributed by atoms with Crippen molar-refractivity contribution in [2.75, 3.05) is 45.0 Å². The SMILES string of the molecule is C=CC(=O)N1CC(N2CCNCC2)C1.CCC.NN.Nc1cc(C2CC2)c(Cl)cc1O. The van der Waals surface area contributed by atoms with Crippen LogP contribution < -0.4 is 22.7 Å². The molecule has 2 heterocycles. The van der Waals surface area contributed by atoms with Crippen molar-refractivity contribution in [1.82, 2.24) is 15.1 Å². The predicted molar refractivity (Wildman–Crippen MR) is 129 cm³/mol. The normalized spacial score (nSPS) is 18.2. The zero-order valence-corrected chi connectivity index (χ0v) is 19.6. The van der Waals surface area contributed by atoms with Gasteiger partial charge in [0.15, 0.2) is 0 Å².